The minimum Gasteiger partial charge on any atom is -0.406 e. The molecule has 0 atom stereocenters. The molecule has 2 aromatic rings. The number of benzene rings is 2. The fourth-order valence-corrected chi connectivity index (χ4v) is 1.81. The second kappa shape index (κ2) is 8.39. The van der Waals surface area contributed by atoms with Crippen LogP contribution in [0.4, 0.5) is 18.9 Å². The fourth-order valence-electron chi connectivity index (χ4n) is 1.68. The second-order valence-corrected chi connectivity index (χ2v) is 5.12. The SMILES string of the molecule is O=C(CO/N=C\c1ccc(Cl)cc1)Nc1ccc(OC(F)(F)F)cc1. The molecule has 0 aromatic heterocycles. The maximum absolute atomic E-state index is 12.0. The molecule has 0 unspecified atom stereocenters. The van der Waals surface area contributed by atoms with E-state index in [2.05, 4.69) is 15.2 Å². The van der Waals surface area contributed by atoms with Crippen molar-refractivity contribution in [2.75, 3.05) is 11.9 Å². The number of carbonyl (C=O) groups excluding carboxylic acids is 1. The minimum atomic E-state index is -4.76. The van der Waals surface area contributed by atoms with Gasteiger partial charge in [-0.25, -0.2) is 0 Å². The number of anilines is 1. The molecule has 0 fully saturated rings. The van der Waals surface area contributed by atoms with Gasteiger partial charge in [0, 0.05) is 10.7 Å². The molecular formula is C16H12ClF3N2O3. The lowest BCUT2D eigenvalue weighted by Crippen LogP contribution is -2.18. The Morgan fingerprint density at radius 1 is 1.12 bits per heavy atom. The molecule has 0 radical (unpaired) electrons. The number of hydrogen-bond donors (Lipinski definition) is 1. The molecule has 2 rings (SSSR count). The van der Waals surface area contributed by atoms with Crippen LogP contribution in [-0.4, -0.2) is 25.1 Å². The fraction of sp³-hybridized carbons (Fsp3) is 0.125. The van der Waals surface area contributed by atoms with E-state index in [0.717, 1.165) is 17.7 Å². The van der Waals surface area contributed by atoms with Crippen molar-refractivity contribution >= 4 is 29.4 Å². The van der Waals surface area contributed by atoms with E-state index in [4.69, 9.17) is 16.4 Å². The van der Waals surface area contributed by atoms with Crippen molar-refractivity contribution in [3.8, 4) is 5.75 Å². The first-order valence-electron chi connectivity index (χ1n) is 6.88. The van der Waals surface area contributed by atoms with E-state index in [1.807, 2.05) is 0 Å². The van der Waals surface area contributed by atoms with Crippen LogP contribution in [-0.2, 0) is 9.63 Å². The van der Waals surface area contributed by atoms with Gasteiger partial charge < -0.3 is 14.9 Å². The smallest absolute Gasteiger partial charge is 0.406 e. The zero-order valence-electron chi connectivity index (χ0n) is 12.6. The van der Waals surface area contributed by atoms with E-state index in [9.17, 15) is 18.0 Å². The van der Waals surface area contributed by atoms with Crippen LogP contribution in [0.2, 0.25) is 5.02 Å². The predicted octanol–water partition coefficient (Wildman–Crippen LogP) is 4.23. The summed E-state index contributed by atoms with van der Waals surface area (Å²) in [5, 5.41) is 6.67. The Morgan fingerprint density at radius 3 is 2.36 bits per heavy atom. The number of rotatable bonds is 6. The summed E-state index contributed by atoms with van der Waals surface area (Å²) in [7, 11) is 0. The van der Waals surface area contributed by atoms with Crippen LogP contribution in [0.15, 0.2) is 53.7 Å². The van der Waals surface area contributed by atoms with Gasteiger partial charge in [-0.2, -0.15) is 0 Å². The minimum absolute atomic E-state index is 0.296. The average molecular weight is 373 g/mol. The number of alkyl halides is 3. The lowest BCUT2D eigenvalue weighted by atomic mass is 10.2. The largest absolute Gasteiger partial charge is 0.573 e. The van der Waals surface area contributed by atoms with E-state index in [-0.39, 0.29) is 12.4 Å². The first-order valence-corrected chi connectivity index (χ1v) is 7.26. The van der Waals surface area contributed by atoms with Gasteiger partial charge in [0.05, 0.1) is 6.21 Å². The molecule has 0 bridgehead atoms. The molecule has 0 saturated heterocycles. The van der Waals surface area contributed by atoms with Gasteiger partial charge in [0.25, 0.3) is 5.91 Å². The van der Waals surface area contributed by atoms with Gasteiger partial charge in [0.15, 0.2) is 6.61 Å². The number of ether oxygens (including phenoxy) is 1. The Hall–Kier alpha value is -2.74. The maximum Gasteiger partial charge on any atom is 0.573 e. The van der Waals surface area contributed by atoms with E-state index >= 15 is 0 Å². The highest BCUT2D eigenvalue weighted by Crippen LogP contribution is 2.23. The molecule has 0 spiro atoms. The molecule has 25 heavy (non-hydrogen) atoms. The Morgan fingerprint density at radius 2 is 1.76 bits per heavy atom. The number of oxime groups is 1. The van der Waals surface area contributed by atoms with Gasteiger partial charge in [-0.3, -0.25) is 4.79 Å². The van der Waals surface area contributed by atoms with Crippen LogP contribution in [0.25, 0.3) is 0 Å². The van der Waals surface area contributed by atoms with Gasteiger partial charge in [0.1, 0.15) is 5.75 Å². The highest BCUT2D eigenvalue weighted by molar-refractivity contribution is 6.30. The zero-order chi connectivity index (χ0) is 18.3. The lowest BCUT2D eigenvalue weighted by molar-refractivity contribution is -0.274. The third-order valence-corrected chi connectivity index (χ3v) is 2.97. The van der Waals surface area contributed by atoms with Gasteiger partial charge in [-0.15, -0.1) is 13.2 Å². The quantitative estimate of drug-likeness (QED) is 0.610. The Kier molecular flexibility index (Phi) is 6.24. The molecule has 5 nitrogen and oxygen atoms in total. The summed E-state index contributed by atoms with van der Waals surface area (Å²) >= 11 is 5.74. The number of carbonyl (C=O) groups is 1. The van der Waals surface area contributed by atoms with Gasteiger partial charge in [-0.05, 0) is 42.0 Å². The average Bonchev–Trinajstić information content (AvgIpc) is 2.54. The summed E-state index contributed by atoms with van der Waals surface area (Å²) in [4.78, 5) is 16.5. The standard InChI is InChI=1S/C16H12ClF3N2O3/c17-12-3-1-11(2-4-12)9-21-24-10-15(23)22-13-5-7-14(8-6-13)25-16(18,19)20/h1-9H,10H2,(H,22,23)/b21-9-. The molecule has 0 aliphatic heterocycles. The van der Waals surface area contributed by atoms with E-state index in [0.29, 0.717) is 10.7 Å². The summed E-state index contributed by atoms with van der Waals surface area (Å²) in [5.74, 6) is -0.896. The highest BCUT2D eigenvalue weighted by Gasteiger charge is 2.30. The molecule has 132 valence electrons. The van der Waals surface area contributed by atoms with Crippen LogP contribution in [0.3, 0.4) is 0 Å². The number of amides is 1. The molecule has 9 heteroatoms. The third-order valence-electron chi connectivity index (χ3n) is 2.71. The van der Waals surface area contributed by atoms with Crippen LogP contribution in [0, 0.1) is 0 Å². The van der Waals surface area contributed by atoms with Crippen LogP contribution >= 0.6 is 11.6 Å². The van der Waals surface area contributed by atoms with E-state index in [1.54, 1.807) is 24.3 Å². The summed E-state index contributed by atoms with van der Waals surface area (Å²) in [6, 6.07) is 11.5. The van der Waals surface area contributed by atoms with Crippen molar-refractivity contribution in [2.24, 2.45) is 5.16 Å². The monoisotopic (exact) mass is 372 g/mol. The molecule has 1 N–H and O–H groups in total. The summed E-state index contributed by atoms with van der Waals surface area (Å²) in [6.45, 7) is -0.356. The maximum atomic E-state index is 12.0. The van der Waals surface area contributed by atoms with Crippen molar-refractivity contribution in [1.82, 2.24) is 0 Å². The molecule has 0 saturated carbocycles. The number of nitrogens with zero attached hydrogens (tertiary/aromatic N) is 1. The number of hydrogen-bond acceptors (Lipinski definition) is 4. The van der Waals surface area contributed by atoms with Crippen LogP contribution in [0.1, 0.15) is 5.56 Å². The van der Waals surface area contributed by atoms with Gasteiger partial charge in [0.2, 0.25) is 0 Å². The molecule has 0 aliphatic rings. The number of halogens is 4. The van der Waals surface area contributed by atoms with E-state index in [1.165, 1.54) is 18.3 Å². The second-order valence-electron chi connectivity index (χ2n) is 4.68. The molecule has 0 aliphatic carbocycles. The topological polar surface area (TPSA) is 59.9 Å². The predicted molar refractivity (Wildman–Crippen MR) is 86.8 cm³/mol. The first kappa shape index (κ1) is 18.6. The third kappa shape index (κ3) is 7.13. The molecular weight excluding hydrogens is 361 g/mol. The van der Waals surface area contributed by atoms with Crippen molar-refractivity contribution in [3.63, 3.8) is 0 Å². The zero-order valence-corrected chi connectivity index (χ0v) is 13.3. The van der Waals surface area contributed by atoms with Crippen molar-refractivity contribution in [1.29, 1.82) is 0 Å². The van der Waals surface area contributed by atoms with Crippen LogP contribution in [0.5, 0.6) is 5.75 Å². The molecule has 0 heterocycles. The van der Waals surface area contributed by atoms with Crippen molar-refractivity contribution in [3.05, 3.63) is 59.1 Å². The van der Waals surface area contributed by atoms with Gasteiger partial charge in [-0.1, -0.05) is 28.9 Å². The molecule has 2 aromatic carbocycles. The Balaban J connectivity index is 1.77. The summed E-state index contributed by atoms with van der Waals surface area (Å²) in [6.07, 6.45) is -3.35. The molecule has 1 amide bonds. The Bertz CT molecular complexity index is 732. The highest BCUT2D eigenvalue weighted by atomic mass is 35.5. The van der Waals surface area contributed by atoms with Crippen molar-refractivity contribution in [2.45, 2.75) is 6.36 Å². The van der Waals surface area contributed by atoms with Crippen molar-refractivity contribution < 1.29 is 27.5 Å². The van der Waals surface area contributed by atoms with Crippen LogP contribution < -0.4 is 10.1 Å². The normalized spacial score (nSPS) is 11.4. The van der Waals surface area contributed by atoms with E-state index < -0.39 is 12.3 Å². The first-order chi connectivity index (χ1) is 11.8. The van der Waals surface area contributed by atoms with Gasteiger partial charge >= 0.3 is 6.36 Å². The summed E-state index contributed by atoms with van der Waals surface area (Å²) in [5.41, 5.74) is 1.04. The Labute approximate surface area is 146 Å². The lowest BCUT2D eigenvalue weighted by Gasteiger charge is -2.09. The summed E-state index contributed by atoms with van der Waals surface area (Å²) < 4.78 is 39.8. The number of nitrogens with one attached hydrogen (secondary N) is 1.